The molecule has 1 aromatic carbocycles. The van der Waals surface area contributed by atoms with Crippen LogP contribution in [0.2, 0.25) is 0 Å². The SMILES string of the molecule is CCc1ncc(S(=O)(=O)N2CCCC(=O)NCCOc3ccc(C)cc3C(=O)NCC2)[nH]1. The molecular formula is C21H29N5O5S. The van der Waals surface area contributed by atoms with E-state index in [0.717, 1.165) is 5.56 Å². The first-order valence-corrected chi connectivity index (χ1v) is 12.1. The highest BCUT2D eigenvalue weighted by Crippen LogP contribution is 2.20. The normalized spacial score (nSPS) is 17.3. The van der Waals surface area contributed by atoms with Crippen molar-refractivity contribution in [2.75, 3.05) is 32.8 Å². The molecule has 2 amide bonds. The molecule has 10 nitrogen and oxygen atoms in total. The topological polar surface area (TPSA) is 133 Å². The van der Waals surface area contributed by atoms with Crippen molar-refractivity contribution < 1.29 is 22.7 Å². The van der Waals surface area contributed by atoms with Gasteiger partial charge in [0.05, 0.1) is 18.3 Å². The number of amides is 2. The Bertz CT molecular complexity index is 1070. The minimum atomic E-state index is -3.86. The Morgan fingerprint density at radius 2 is 1.97 bits per heavy atom. The van der Waals surface area contributed by atoms with Crippen LogP contribution in [0.25, 0.3) is 0 Å². The lowest BCUT2D eigenvalue weighted by Gasteiger charge is -2.21. The van der Waals surface area contributed by atoms with Crippen LogP contribution in [-0.4, -0.2) is 67.3 Å². The molecule has 0 bridgehead atoms. The first kappa shape index (κ1) is 23.7. The second kappa shape index (κ2) is 10.6. The van der Waals surface area contributed by atoms with Crippen LogP contribution in [0, 0.1) is 6.92 Å². The predicted octanol–water partition coefficient (Wildman–Crippen LogP) is 0.990. The molecule has 0 atom stereocenters. The van der Waals surface area contributed by atoms with E-state index < -0.39 is 10.0 Å². The fourth-order valence-electron chi connectivity index (χ4n) is 3.34. The van der Waals surface area contributed by atoms with Crippen LogP contribution in [-0.2, 0) is 21.2 Å². The number of ether oxygens (including phenoxy) is 1. The Morgan fingerprint density at radius 3 is 2.72 bits per heavy atom. The molecule has 0 aliphatic carbocycles. The van der Waals surface area contributed by atoms with Gasteiger partial charge in [0.25, 0.3) is 15.9 Å². The van der Waals surface area contributed by atoms with Gasteiger partial charge in [-0.15, -0.1) is 0 Å². The zero-order valence-corrected chi connectivity index (χ0v) is 19.1. The summed E-state index contributed by atoms with van der Waals surface area (Å²) in [4.78, 5) is 31.8. The number of sulfonamides is 1. The number of nitrogens with zero attached hydrogens (tertiary/aromatic N) is 2. The summed E-state index contributed by atoms with van der Waals surface area (Å²) < 4.78 is 33.2. The third-order valence-electron chi connectivity index (χ3n) is 5.08. The number of rotatable bonds is 3. The summed E-state index contributed by atoms with van der Waals surface area (Å²) in [5.41, 5.74) is 1.26. The molecule has 0 fully saturated rings. The number of benzene rings is 1. The second-order valence-corrected chi connectivity index (χ2v) is 9.42. The number of nitrogens with one attached hydrogen (secondary N) is 3. The first-order chi connectivity index (χ1) is 15.3. The average molecular weight is 464 g/mol. The molecule has 0 spiro atoms. The number of aromatic nitrogens is 2. The molecule has 3 N–H and O–H groups in total. The number of carbonyl (C=O) groups excluding carboxylic acids is 2. The summed E-state index contributed by atoms with van der Waals surface area (Å²) in [5, 5.41) is 5.53. The Morgan fingerprint density at radius 1 is 1.16 bits per heavy atom. The van der Waals surface area contributed by atoms with Gasteiger partial charge in [0, 0.05) is 32.5 Å². The minimum absolute atomic E-state index is 0.00239. The number of fused-ring (bicyclic) bond motifs is 1. The van der Waals surface area contributed by atoms with Crippen LogP contribution in [0.1, 0.15) is 41.5 Å². The number of hydrogen-bond donors (Lipinski definition) is 3. The van der Waals surface area contributed by atoms with Crippen molar-refractivity contribution in [3.63, 3.8) is 0 Å². The molecule has 32 heavy (non-hydrogen) atoms. The van der Waals surface area contributed by atoms with Crippen LogP contribution in [0.3, 0.4) is 0 Å². The molecule has 1 aromatic heterocycles. The fraction of sp³-hybridized carbons (Fsp3) is 0.476. The zero-order chi connectivity index (χ0) is 23.1. The van der Waals surface area contributed by atoms with Crippen molar-refractivity contribution in [3.8, 4) is 5.75 Å². The zero-order valence-electron chi connectivity index (χ0n) is 18.3. The van der Waals surface area contributed by atoms with E-state index in [4.69, 9.17) is 4.74 Å². The van der Waals surface area contributed by atoms with Crippen LogP contribution in [0.15, 0.2) is 29.4 Å². The van der Waals surface area contributed by atoms with Gasteiger partial charge in [0.1, 0.15) is 18.2 Å². The first-order valence-electron chi connectivity index (χ1n) is 10.6. The smallest absolute Gasteiger partial charge is 0.260 e. The Hall–Kier alpha value is -2.92. The van der Waals surface area contributed by atoms with Gasteiger partial charge in [-0.25, -0.2) is 13.4 Å². The standard InChI is InChI=1S/C21H29N5O5S/c1-3-18-24-14-20(25-18)32(29,30)26-10-4-5-19(27)22-9-12-31-17-7-6-15(2)13-16(17)21(28)23-8-11-26/h6-7,13-14H,3-5,8-12H2,1-2H3,(H,22,27)(H,23,28)(H,24,25). The van der Waals surface area contributed by atoms with E-state index in [1.165, 1.54) is 10.5 Å². The van der Waals surface area contributed by atoms with E-state index in [-0.39, 0.29) is 56.0 Å². The summed E-state index contributed by atoms with van der Waals surface area (Å²) in [6, 6.07) is 5.26. The van der Waals surface area contributed by atoms with Crippen molar-refractivity contribution >= 4 is 21.8 Å². The van der Waals surface area contributed by atoms with Gasteiger partial charge in [-0.05, 0) is 25.5 Å². The quantitative estimate of drug-likeness (QED) is 0.622. The third-order valence-corrected chi connectivity index (χ3v) is 6.89. The van der Waals surface area contributed by atoms with E-state index in [1.807, 2.05) is 19.9 Å². The van der Waals surface area contributed by atoms with Crippen LogP contribution >= 0.6 is 0 Å². The lowest BCUT2D eigenvalue weighted by atomic mass is 10.1. The van der Waals surface area contributed by atoms with Crippen LogP contribution < -0.4 is 15.4 Å². The summed E-state index contributed by atoms with van der Waals surface area (Å²) in [7, 11) is -3.86. The van der Waals surface area contributed by atoms with Crippen LogP contribution in [0.5, 0.6) is 5.75 Å². The second-order valence-electron chi connectivity index (χ2n) is 7.51. The van der Waals surface area contributed by atoms with Crippen molar-refractivity contribution in [3.05, 3.63) is 41.3 Å². The Balaban J connectivity index is 1.82. The van der Waals surface area contributed by atoms with E-state index in [0.29, 0.717) is 30.0 Å². The molecule has 11 heteroatoms. The van der Waals surface area contributed by atoms with Gasteiger partial charge in [-0.1, -0.05) is 18.6 Å². The van der Waals surface area contributed by atoms with Crippen molar-refractivity contribution in [2.45, 2.75) is 38.1 Å². The summed E-state index contributed by atoms with van der Waals surface area (Å²) in [6.45, 7) is 4.53. The maximum Gasteiger partial charge on any atom is 0.260 e. The van der Waals surface area contributed by atoms with E-state index in [1.54, 1.807) is 12.1 Å². The predicted molar refractivity (Wildman–Crippen MR) is 118 cm³/mol. The Labute approximate surface area is 187 Å². The van der Waals surface area contributed by atoms with Crippen molar-refractivity contribution in [2.24, 2.45) is 0 Å². The number of aryl methyl sites for hydroxylation is 2. The van der Waals surface area contributed by atoms with Crippen LogP contribution in [0.4, 0.5) is 0 Å². The summed E-state index contributed by atoms with van der Waals surface area (Å²) >= 11 is 0. The lowest BCUT2D eigenvalue weighted by molar-refractivity contribution is -0.121. The van der Waals surface area contributed by atoms with E-state index >= 15 is 0 Å². The molecule has 1 aliphatic heterocycles. The average Bonchev–Trinajstić information content (AvgIpc) is 3.26. The molecule has 1 aliphatic rings. The minimum Gasteiger partial charge on any atom is -0.491 e. The maximum atomic E-state index is 13.1. The van der Waals surface area contributed by atoms with Gasteiger partial charge >= 0.3 is 0 Å². The van der Waals surface area contributed by atoms with Gasteiger partial charge in [0.2, 0.25) is 5.91 Å². The number of aromatic amines is 1. The molecular weight excluding hydrogens is 434 g/mol. The van der Waals surface area contributed by atoms with Crippen molar-refractivity contribution in [1.29, 1.82) is 0 Å². The molecule has 0 unspecified atom stereocenters. The highest BCUT2D eigenvalue weighted by Gasteiger charge is 2.26. The summed E-state index contributed by atoms with van der Waals surface area (Å²) in [5.74, 6) is 0.441. The Kier molecular flexibility index (Phi) is 7.86. The van der Waals surface area contributed by atoms with Gasteiger partial charge in [-0.2, -0.15) is 4.31 Å². The molecule has 2 aromatic rings. The van der Waals surface area contributed by atoms with Gasteiger partial charge in [0.15, 0.2) is 5.03 Å². The molecule has 0 saturated heterocycles. The molecule has 0 saturated carbocycles. The maximum absolute atomic E-state index is 13.1. The number of imidazole rings is 1. The molecule has 0 radical (unpaired) electrons. The lowest BCUT2D eigenvalue weighted by Crippen LogP contribution is -2.39. The van der Waals surface area contributed by atoms with Crippen molar-refractivity contribution in [1.82, 2.24) is 24.9 Å². The third kappa shape index (κ3) is 5.86. The fourth-order valence-corrected chi connectivity index (χ4v) is 4.75. The highest BCUT2D eigenvalue weighted by molar-refractivity contribution is 7.89. The van der Waals surface area contributed by atoms with E-state index in [2.05, 4.69) is 20.6 Å². The largest absolute Gasteiger partial charge is 0.491 e. The molecule has 2 heterocycles. The summed E-state index contributed by atoms with van der Waals surface area (Å²) in [6.07, 6.45) is 2.39. The molecule has 3 rings (SSSR count). The van der Waals surface area contributed by atoms with Gasteiger partial charge < -0.3 is 20.4 Å². The van der Waals surface area contributed by atoms with Gasteiger partial charge in [-0.3, -0.25) is 9.59 Å². The van der Waals surface area contributed by atoms with E-state index in [9.17, 15) is 18.0 Å². The number of H-pyrrole nitrogens is 1. The highest BCUT2D eigenvalue weighted by atomic mass is 32.2. The number of hydrogen-bond acceptors (Lipinski definition) is 6. The number of carbonyl (C=O) groups is 2. The molecule has 174 valence electrons. The monoisotopic (exact) mass is 463 g/mol.